The van der Waals surface area contributed by atoms with Gasteiger partial charge in [0, 0.05) is 18.7 Å². The van der Waals surface area contributed by atoms with E-state index in [2.05, 4.69) is 5.16 Å². The van der Waals surface area contributed by atoms with Crippen LogP contribution in [0.15, 0.2) is 34.9 Å². The van der Waals surface area contributed by atoms with Crippen molar-refractivity contribution < 1.29 is 19.2 Å². The third-order valence-electron chi connectivity index (χ3n) is 3.52. The summed E-state index contributed by atoms with van der Waals surface area (Å²) in [5.41, 5.74) is 1.73. The van der Waals surface area contributed by atoms with Gasteiger partial charge in [-0.3, -0.25) is 0 Å². The molecule has 5 nitrogen and oxygen atoms in total. The summed E-state index contributed by atoms with van der Waals surface area (Å²) in [5, 5.41) is 12.3. The predicted molar refractivity (Wildman–Crippen MR) is 66.8 cm³/mol. The van der Waals surface area contributed by atoms with E-state index in [9.17, 15) is 4.79 Å². The Morgan fingerprint density at radius 3 is 2.53 bits per heavy atom. The third-order valence-corrected chi connectivity index (χ3v) is 3.52. The van der Waals surface area contributed by atoms with Gasteiger partial charge in [-0.1, -0.05) is 29.4 Å². The highest BCUT2D eigenvalue weighted by molar-refractivity contribution is 5.86. The second-order valence-corrected chi connectivity index (χ2v) is 4.66. The Kier molecular flexibility index (Phi) is 2.64. The van der Waals surface area contributed by atoms with Crippen molar-refractivity contribution in [2.45, 2.75) is 18.4 Å². The molecule has 0 atom stereocenters. The first-order valence-electron chi connectivity index (χ1n) is 6.01. The van der Waals surface area contributed by atoms with Crippen LogP contribution in [0.3, 0.4) is 0 Å². The van der Waals surface area contributed by atoms with Gasteiger partial charge in [-0.25, -0.2) is 4.79 Å². The Morgan fingerprint density at radius 1 is 1.37 bits per heavy atom. The maximum absolute atomic E-state index is 10.7. The highest BCUT2D eigenvalue weighted by Gasteiger charge is 2.44. The Hall–Kier alpha value is -2.14. The smallest absolute Gasteiger partial charge is 0.358 e. The highest BCUT2D eigenvalue weighted by Crippen LogP contribution is 2.48. The van der Waals surface area contributed by atoms with Gasteiger partial charge >= 0.3 is 5.97 Å². The number of carboxylic acids is 1. The molecule has 1 aromatic heterocycles. The first-order chi connectivity index (χ1) is 9.14. The number of aromatic nitrogens is 1. The molecule has 0 saturated heterocycles. The lowest BCUT2D eigenvalue weighted by Gasteiger charge is -2.13. The van der Waals surface area contributed by atoms with E-state index in [0.717, 1.165) is 24.0 Å². The van der Waals surface area contributed by atoms with Crippen LogP contribution in [-0.4, -0.2) is 23.3 Å². The number of benzene rings is 1. The number of rotatable bonds is 4. The Bertz CT molecular complexity index is 611. The normalized spacial score (nSPS) is 16.3. The molecule has 5 heteroatoms. The lowest BCUT2D eigenvalue weighted by molar-refractivity contribution is 0.0685. The second-order valence-electron chi connectivity index (χ2n) is 4.66. The van der Waals surface area contributed by atoms with E-state index < -0.39 is 5.97 Å². The molecule has 1 fully saturated rings. The summed E-state index contributed by atoms with van der Waals surface area (Å²) in [6.45, 7) is 0. The van der Waals surface area contributed by atoms with Crippen molar-refractivity contribution in [2.24, 2.45) is 0 Å². The molecule has 1 saturated carbocycles. The first-order valence-corrected chi connectivity index (χ1v) is 6.01. The average molecular weight is 259 g/mol. The molecule has 1 aliphatic carbocycles. The van der Waals surface area contributed by atoms with Gasteiger partial charge in [0.25, 0.3) is 0 Å². The van der Waals surface area contributed by atoms with Crippen molar-refractivity contribution in [1.82, 2.24) is 5.16 Å². The summed E-state index contributed by atoms with van der Waals surface area (Å²) in [6.07, 6.45) is 2.07. The SMILES string of the molecule is COC1(c2ccc(-c3cc(C(=O)O)no3)cc2)CC1. The molecule has 0 unspecified atom stereocenters. The molecule has 98 valence electrons. The van der Waals surface area contributed by atoms with Crippen LogP contribution in [0.4, 0.5) is 0 Å². The first kappa shape index (κ1) is 11.9. The number of aromatic carboxylic acids is 1. The second kappa shape index (κ2) is 4.20. The number of hydrogen-bond acceptors (Lipinski definition) is 4. The van der Waals surface area contributed by atoms with Gasteiger partial charge in [-0.15, -0.1) is 0 Å². The van der Waals surface area contributed by atoms with Gasteiger partial charge in [-0.2, -0.15) is 0 Å². The van der Waals surface area contributed by atoms with Gasteiger partial charge < -0.3 is 14.4 Å². The zero-order chi connectivity index (χ0) is 13.5. The van der Waals surface area contributed by atoms with Crippen LogP contribution in [0.5, 0.6) is 0 Å². The fourth-order valence-electron chi connectivity index (χ4n) is 2.17. The van der Waals surface area contributed by atoms with Gasteiger partial charge in [0.2, 0.25) is 0 Å². The fourth-order valence-corrected chi connectivity index (χ4v) is 2.17. The van der Waals surface area contributed by atoms with Crippen LogP contribution in [-0.2, 0) is 10.3 Å². The molecule has 0 amide bonds. The summed E-state index contributed by atoms with van der Waals surface area (Å²) in [5.74, 6) is -0.644. The minimum absolute atomic E-state index is 0.0883. The number of hydrogen-bond donors (Lipinski definition) is 1. The number of ether oxygens (including phenoxy) is 1. The zero-order valence-electron chi connectivity index (χ0n) is 10.4. The van der Waals surface area contributed by atoms with Crippen molar-refractivity contribution in [1.29, 1.82) is 0 Å². The molecule has 3 rings (SSSR count). The number of nitrogens with zero attached hydrogens (tertiary/aromatic N) is 1. The standard InChI is InChI=1S/C14H13NO4/c1-18-14(6-7-14)10-4-2-9(3-5-10)12-8-11(13(16)17)15-19-12/h2-5,8H,6-7H2,1H3,(H,16,17). The Balaban J connectivity index is 1.87. The van der Waals surface area contributed by atoms with Gasteiger partial charge in [0.1, 0.15) is 0 Å². The number of carboxylic acid groups (broad SMARTS) is 1. The van der Waals surface area contributed by atoms with Gasteiger partial charge in [0.05, 0.1) is 5.60 Å². The quantitative estimate of drug-likeness (QED) is 0.913. The van der Waals surface area contributed by atoms with Crippen LogP contribution in [0.2, 0.25) is 0 Å². The Morgan fingerprint density at radius 2 is 2.05 bits per heavy atom. The lowest BCUT2D eigenvalue weighted by Crippen LogP contribution is -2.08. The fraction of sp³-hybridized carbons (Fsp3) is 0.286. The molecule has 2 aromatic rings. The molecule has 1 heterocycles. The van der Waals surface area contributed by atoms with E-state index in [-0.39, 0.29) is 11.3 Å². The summed E-state index contributed by atoms with van der Waals surface area (Å²) in [4.78, 5) is 10.7. The number of methoxy groups -OCH3 is 1. The van der Waals surface area contributed by atoms with E-state index in [1.807, 2.05) is 24.3 Å². The summed E-state index contributed by atoms with van der Waals surface area (Å²) < 4.78 is 10.5. The van der Waals surface area contributed by atoms with E-state index >= 15 is 0 Å². The monoisotopic (exact) mass is 259 g/mol. The van der Waals surface area contributed by atoms with Crippen molar-refractivity contribution >= 4 is 5.97 Å². The molecule has 1 aromatic carbocycles. The van der Waals surface area contributed by atoms with Crippen molar-refractivity contribution in [3.63, 3.8) is 0 Å². The maximum Gasteiger partial charge on any atom is 0.358 e. The van der Waals surface area contributed by atoms with Crippen LogP contribution >= 0.6 is 0 Å². The summed E-state index contributed by atoms with van der Waals surface area (Å²) in [6, 6.07) is 9.16. The maximum atomic E-state index is 10.7. The largest absolute Gasteiger partial charge is 0.476 e. The number of carbonyl (C=O) groups is 1. The van der Waals surface area contributed by atoms with Crippen LogP contribution < -0.4 is 0 Å². The molecule has 0 radical (unpaired) electrons. The van der Waals surface area contributed by atoms with Gasteiger partial charge in [-0.05, 0) is 18.4 Å². The Labute approximate surface area is 109 Å². The minimum Gasteiger partial charge on any atom is -0.476 e. The molecule has 1 N–H and O–H groups in total. The lowest BCUT2D eigenvalue weighted by atomic mass is 10.0. The zero-order valence-corrected chi connectivity index (χ0v) is 10.4. The van der Waals surface area contributed by atoms with E-state index in [4.69, 9.17) is 14.4 Å². The summed E-state index contributed by atoms with van der Waals surface area (Å²) >= 11 is 0. The van der Waals surface area contributed by atoms with Crippen molar-refractivity contribution in [3.8, 4) is 11.3 Å². The molecule has 19 heavy (non-hydrogen) atoms. The topological polar surface area (TPSA) is 72.6 Å². The summed E-state index contributed by atoms with van der Waals surface area (Å²) in [7, 11) is 1.72. The molecular formula is C14H13NO4. The van der Waals surface area contributed by atoms with E-state index in [0.29, 0.717) is 5.76 Å². The molecule has 0 spiro atoms. The predicted octanol–water partition coefficient (Wildman–Crippen LogP) is 2.68. The minimum atomic E-state index is -1.09. The third kappa shape index (κ3) is 2.02. The molecule has 0 aliphatic heterocycles. The highest BCUT2D eigenvalue weighted by atomic mass is 16.5. The van der Waals surface area contributed by atoms with E-state index in [1.54, 1.807) is 7.11 Å². The van der Waals surface area contributed by atoms with Crippen LogP contribution in [0, 0.1) is 0 Å². The molecule has 0 bridgehead atoms. The van der Waals surface area contributed by atoms with Crippen LogP contribution in [0.1, 0.15) is 28.9 Å². The van der Waals surface area contributed by atoms with Gasteiger partial charge in [0.15, 0.2) is 11.5 Å². The molecular weight excluding hydrogens is 246 g/mol. The van der Waals surface area contributed by atoms with E-state index in [1.165, 1.54) is 6.07 Å². The molecule has 1 aliphatic rings. The average Bonchev–Trinajstić information content (AvgIpc) is 3.07. The van der Waals surface area contributed by atoms with Crippen molar-refractivity contribution in [2.75, 3.05) is 7.11 Å². The van der Waals surface area contributed by atoms with Crippen molar-refractivity contribution in [3.05, 3.63) is 41.6 Å². The van der Waals surface area contributed by atoms with Crippen LogP contribution in [0.25, 0.3) is 11.3 Å².